The molecule has 2 saturated heterocycles. The van der Waals surface area contributed by atoms with E-state index < -0.39 is 6.04 Å². The van der Waals surface area contributed by atoms with Crippen LogP contribution in [0.4, 0.5) is 4.39 Å². The summed E-state index contributed by atoms with van der Waals surface area (Å²) in [7, 11) is 0. The van der Waals surface area contributed by atoms with Crippen LogP contribution >= 0.6 is 0 Å². The van der Waals surface area contributed by atoms with Crippen LogP contribution in [0.1, 0.15) is 45.1 Å². The molecule has 1 aromatic rings. The lowest BCUT2D eigenvalue weighted by Crippen LogP contribution is -2.53. The van der Waals surface area contributed by atoms with E-state index in [9.17, 15) is 18.8 Å². The SMILES string of the molecule is CC(C)[C@H](NC(=O)C1CCN(C(=O)[C@H]2CCCN2)CC1)C(=O)NCc1ccc(F)cc1. The fourth-order valence-corrected chi connectivity index (χ4v) is 4.19. The number of carbonyl (C=O) groups excluding carboxylic acids is 3. The monoisotopic (exact) mass is 432 g/mol. The maximum absolute atomic E-state index is 13.0. The summed E-state index contributed by atoms with van der Waals surface area (Å²) < 4.78 is 13.0. The lowest BCUT2D eigenvalue weighted by Gasteiger charge is -2.34. The van der Waals surface area contributed by atoms with Gasteiger partial charge in [-0.05, 0) is 55.8 Å². The summed E-state index contributed by atoms with van der Waals surface area (Å²) in [6, 6.07) is 5.21. The Morgan fingerprint density at radius 1 is 1.13 bits per heavy atom. The maximum atomic E-state index is 13.0. The minimum absolute atomic E-state index is 0.0766. The molecule has 1 aromatic carbocycles. The number of benzene rings is 1. The van der Waals surface area contributed by atoms with E-state index in [0.717, 1.165) is 24.9 Å². The summed E-state index contributed by atoms with van der Waals surface area (Å²) in [4.78, 5) is 39.9. The Bertz CT molecular complexity index is 770. The van der Waals surface area contributed by atoms with Gasteiger partial charge in [0, 0.05) is 25.6 Å². The minimum atomic E-state index is -0.643. The van der Waals surface area contributed by atoms with Crippen molar-refractivity contribution in [2.24, 2.45) is 11.8 Å². The first-order valence-electron chi connectivity index (χ1n) is 11.2. The molecule has 7 nitrogen and oxygen atoms in total. The van der Waals surface area contributed by atoms with Crippen molar-refractivity contribution in [1.29, 1.82) is 0 Å². The van der Waals surface area contributed by atoms with Crippen LogP contribution in [-0.2, 0) is 20.9 Å². The molecule has 2 heterocycles. The second-order valence-corrected chi connectivity index (χ2v) is 8.82. The molecule has 8 heteroatoms. The largest absolute Gasteiger partial charge is 0.350 e. The van der Waals surface area contributed by atoms with Crippen LogP contribution < -0.4 is 16.0 Å². The summed E-state index contributed by atoms with van der Waals surface area (Å²) in [5, 5.41) is 8.96. The molecule has 0 radical (unpaired) electrons. The molecule has 0 saturated carbocycles. The Balaban J connectivity index is 1.48. The number of carbonyl (C=O) groups is 3. The van der Waals surface area contributed by atoms with Crippen LogP contribution in [0.25, 0.3) is 0 Å². The Kier molecular flexibility index (Phi) is 8.01. The van der Waals surface area contributed by atoms with Crippen molar-refractivity contribution in [1.82, 2.24) is 20.9 Å². The van der Waals surface area contributed by atoms with E-state index in [1.807, 2.05) is 18.7 Å². The topological polar surface area (TPSA) is 90.5 Å². The molecule has 0 bridgehead atoms. The van der Waals surface area contributed by atoms with E-state index in [-0.39, 0.29) is 48.0 Å². The second kappa shape index (κ2) is 10.7. The van der Waals surface area contributed by atoms with Gasteiger partial charge in [0.25, 0.3) is 0 Å². The number of halogens is 1. The first-order chi connectivity index (χ1) is 14.8. The van der Waals surface area contributed by atoms with Gasteiger partial charge in [-0.15, -0.1) is 0 Å². The van der Waals surface area contributed by atoms with Crippen LogP contribution in [0, 0.1) is 17.7 Å². The number of piperidine rings is 1. The zero-order valence-corrected chi connectivity index (χ0v) is 18.3. The van der Waals surface area contributed by atoms with E-state index in [2.05, 4.69) is 16.0 Å². The van der Waals surface area contributed by atoms with Crippen molar-refractivity contribution < 1.29 is 18.8 Å². The van der Waals surface area contributed by atoms with Crippen molar-refractivity contribution in [3.05, 3.63) is 35.6 Å². The van der Waals surface area contributed by atoms with Crippen LogP contribution in [0.2, 0.25) is 0 Å². The van der Waals surface area contributed by atoms with Gasteiger partial charge in [-0.1, -0.05) is 26.0 Å². The van der Waals surface area contributed by atoms with Gasteiger partial charge in [0.1, 0.15) is 11.9 Å². The number of nitrogens with one attached hydrogen (secondary N) is 3. The number of amides is 3. The average Bonchev–Trinajstić information content (AvgIpc) is 3.31. The summed E-state index contributed by atoms with van der Waals surface area (Å²) in [6.45, 7) is 6.07. The average molecular weight is 433 g/mol. The quantitative estimate of drug-likeness (QED) is 0.610. The van der Waals surface area contributed by atoms with Gasteiger partial charge in [0.2, 0.25) is 17.7 Å². The van der Waals surface area contributed by atoms with Crippen LogP contribution in [0.15, 0.2) is 24.3 Å². The third-order valence-electron chi connectivity index (χ3n) is 6.16. The summed E-state index contributed by atoms with van der Waals surface area (Å²) in [5.74, 6) is -0.862. The first-order valence-corrected chi connectivity index (χ1v) is 11.2. The van der Waals surface area contributed by atoms with E-state index >= 15 is 0 Å². The Morgan fingerprint density at radius 3 is 2.39 bits per heavy atom. The number of hydrogen-bond donors (Lipinski definition) is 3. The zero-order valence-electron chi connectivity index (χ0n) is 18.3. The van der Waals surface area contributed by atoms with Crippen molar-refractivity contribution >= 4 is 17.7 Å². The van der Waals surface area contributed by atoms with Crippen molar-refractivity contribution in [3.63, 3.8) is 0 Å². The molecule has 0 spiro atoms. The maximum Gasteiger partial charge on any atom is 0.243 e. The number of nitrogens with zero attached hydrogens (tertiary/aromatic N) is 1. The molecule has 0 aliphatic carbocycles. The highest BCUT2D eigenvalue weighted by Crippen LogP contribution is 2.20. The zero-order chi connectivity index (χ0) is 22.4. The third kappa shape index (κ3) is 6.26. The van der Waals surface area contributed by atoms with Gasteiger partial charge in [0.15, 0.2) is 0 Å². The molecule has 31 heavy (non-hydrogen) atoms. The number of hydrogen-bond acceptors (Lipinski definition) is 4. The number of rotatable bonds is 7. The highest BCUT2D eigenvalue weighted by Gasteiger charge is 2.33. The number of likely N-dealkylation sites (tertiary alicyclic amines) is 1. The van der Waals surface area contributed by atoms with Crippen LogP contribution in [0.3, 0.4) is 0 Å². The van der Waals surface area contributed by atoms with Crippen LogP contribution in [-0.4, -0.2) is 54.3 Å². The smallest absolute Gasteiger partial charge is 0.243 e. The molecule has 3 amide bonds. The fraction of sp³-hybridized carbons (Fsp3) is 0.609. The molecule has 3 rings (SSSR count). The van der Waals surface area contributed by atoms with Gasteiger partial charge in [-0.3, -0.25) is 14.4 Å². The molecular formula is C23H33FN4O3. The van der Waals surface area contributed by atoms with E-state index in [0.29, 0.717) is 25.9 Å². The normalized spacial score (nSPS) is 20.5. The molecule has 2 aliphatic rings. The highest BCUT2D eigenvalue weighted by molar-refractivity contribution is 5.89. The molecule has 3 N–H and O–H groups in total. The Hall–Kier alpha value is -2.48. The minimum Gasteiger partial charge on any atom is -0.350 e. The fourth-order valence-electron chi connectivity index (χ4n) is 4.19. The highest BCUT2D eigenvalue weighted by atomic mass is 19.1. The molecular weight excluding hydrogens is 399 g/mol. The third-order valence-corrected chi connectivity index (χ3v) is 6.16. The van der Waals surface area contributed by atoms with E-state index in [4.69, 9.17) is 0 Å². The van der Waals surface area contributed by atoms with Gasteiger partial charge in [0.05, 0.1) is 6.04 Å². The van der Waals surface area contributed by atoms with Crippen LogP contribution in [0.5, 0.6) is 0 Å². The standard InChI is InChI=1S/C23H33FN4O3/c1-15(2)20(22(30)26-14-16-5-7-18(24)8-6-16)27-21(29)17-9-12-28(13-10-17)23(31)19-4-3-11-25-19/h5-8,15,17,19-20,25H,3-4,9-14H2,1-2H3,(H,26,30)(H,27,29)/t19-,20+/m1/s1. The Labute approximate surface area is 183 Å². The summed E-state index contributed by atoms with van der Waals surface area (Å²) in [5.41, 5.74) is 0.789. The second-order valence-electron chi connectivity index (χ2n) is 8.82. The van der Waals surface area contributed by atoms with Crippen molar-refractivity contribution in [3.8, 4) is 0 Å². The van der Waals surface area contributed by atoms with Crippen molar-refractivity contribution in [2.45, 2.75) is 58.2 Å². The lowest BCUT2D eigenvalue weighted by atomic mass is 9.94. The van der Waals surface area contributed by atoms with E-state index in [1.54, 1.807) is 12.1 Å². The first kappa shape index (κ1) is 23.2. The molecule has 0 aromatic heterocycles. The molecule has 2 atom stereocenters. The van der Waals surface area contributed by atoms with Gasteiger partial charge >= 0.3 is 0 Å². The predicted octanol–water partition coefficient (Wildman–Crippen LogP) is 1.57. The molecule has 2 aliphatic heterocycles. The summed E-state index contributed by atoms with van der Waals surface area (Å²) >= 11 is 0. The predicted molar refractivity (Wildman–Crippen MR) is 115 cm³/mol. The molecule has 2 fully saturated rings. The molecule has 170 valence electrons. The Morgan fingerprint density at radius 2 is 1.81 bits per heavy atom. The van der Waals surface area contributed by atoms with Crippen molar-refractivity contribution in [2.75, 3.05) is 19.6 Å². The van der Waals surface area contributed by atoms with Gasteiger partial charge in [-0.25, -0.2) is 4.39 Å². The van der Waals surface area contributed by atoms with Gasteiger partial charge < -0.3 is 20.9 Å². The van der Waals surface area contributed by atoms with E-state index in [1.165, 1.54) is 12.1 Å². The lowest BCUT2D eigenvalue weighted by molar-refractivity contribution is -0.138. The van der Waals surface area contributed by atoms with Gasteiger partial charge in [-0.2, -0.15) is 0 Å². The molecule has 0 unspecified atom stereocenters. The summed E-state index contributed by atoms with van der Waals surface area (Å²) in [6.07, 6.45) is 3.11.